The van der Waals surface area contributed by atoms with Crippen LogP contribution in [0.3, 0.4) is 0 Å². The molecule has 0 amide bonds. The molecule has 0 bridgehead atoms. The predicted octanol–water partition coefficient (Wildman–Crippen LogP) is 2.01. The van der Waals surface area contributed by atoms with Crippen molar-refractivity contribution in [2.45, 2.75) is 26.4 Å². The molecule has 1 saturated heterocycles. The molecule has 6 nitrogen and oxygen atoms in total. The first-order chi connectivity index (χ1) is 10.2. The lowest BCUT2D eigenvalue weighted by Gasteiger charge is -2.23. The molecule has 21 heavy (non-hydrogen) atoms. The maximum Gasteiger partial charge on any atom is 0.292 e. The molecule has 0 aromatic heterocycles. The number of hydrogen-bond donors (Lipinski definition) is 1. The SMILES string of the molecule is CCCN1CCCN(c2cc(CO)ccc2[N+](=O)[O-])CC1. The van der Waals surface area contributed by atoms with Crippen molar-refractivity contribution in [2.75, 3.05) is 37.6 Å². The molecule has 1 heterocycles. The van der Waals surface area contributed by atoms with Crippen molar-refractivity contribution in [3.63, 3.8) is 0 Å². The normalized spacial score (nSPS) is 16.8. The molecule has 6 heteroatoms. The van der Waals surface area contributed by atoms with E-state index in [1.165, 1.54) is 6.07 Å². The topological polar surface area (TPSA) is 69.8 Å². The number of anilines is 1. The van der Waals surface area contributed by atoms with Gasteiger partial charge in [-0.2, -0.15) is 0 Å². The fourth-order valence-corrected chi connectivity index (χ4v) is 2.83. The van der Waals surface area contributed by atoms with Crippen molar-refractivity contribution in [3.05, 3.63) is 33.9 Å². The van der Waals surface area contributed by atoms with E-state index in [0.717, 1.165) is 45.6 Å². The summed E-state index contributed by atoms with van der Waals surface area (Å²) >= 11 is 0. The summed E-state index contributed by atoms with van der Waals surface area (Å²) in [6.07, 6.45) is 2.13. The van der Waals surface area contributed by atoms with Crippen LogP contribution in [0.15, 0.2) is 18.2 Å². The highest BCUT2D eigenvalue weighted by Crippen LogP contribution is 2.30. The summed E-state index contributed by atoms with van der Waals surface area (Å²) in [4.78, 5) is 15.4. The van der Waals surface area contributed by atoms with Gasteiger partial charge in [-0.05, 0) is 43.6 Å². The molecule has 0 atom stereocenters. The molecular formula is C15H23N3O3. The summed E-state index contributed by atoms with van der Waals surface area (Å²) in [6, 6.07) is 4.85. The summed E-state index contributed by atoms with van der Waals surface area (Å²) in [5.74, 6) is 0. The van der Waals surface area contributed by atoms with Gasteiger partial charge in [0.25, 0.3) is 5.69 Å². The van der Waals surface area contributed by atoms with Crippen molar-refractivity contribution in [2.24, 2.45) is 0 Å². The molecule has 2 rings (SSSR count). The quantitative estimate of drug-likeness (QED) is 0.664. The Bertz CT molecular complexity index is 493. The van der Waals surface area contributed by atoms with Crippen LogP contribution in [-0.4, -0.2) is 47.7 Å². The van der Waals surface area contributed by atoms with E-state index in [9.17, 15) is 15.2 Å². The van der Waals surface area contributed by atoms with Gasteiger partial charge < -0.3 is 14.9 Å². The molecule has 1 fully saturated rings. The Morgan fingerprint density at radius 1 is 1.29 bits per heavy atom. The van der Waals surface area contributed by atoms with E-state index < -0.39 is 0 Å². The molecule has 1 aliphatic rings. The van der Waals surface area contributed by atoms with Crippen LogP contribution in [0.4, 0.5) is 11.4 Å². The number of benzene rings is 1. The lowest BCUT2D eigenvalue weighted by atomic mass is 10.1. The molecule has 0 unspecified atom stereocenters. The molecular weight excluding hydrogens is 270 g/mol. The molecule has 0 spiro atoms. The van der Waals surface area contributed by atoms with Gasteiger partial charge >= 0.3 is 0 Å². The van der Waals surface area contributed by atoms with E-state index in [2.05, 4.69) is 16.7 Å². The minimum absolute atomic E-state index is 0.0964. The Hall–Kier alpha value is -1.66. The zero-order valence-corrected chi connectivity index (χ0v) is 12.5. The van der Waals surface area contributed by atoms with Gasteiger partial charge in [0.05, 0.1) is 11.5 Å². The molecule has 0 aliphatic carbocycles. The van der Waals surface area contributed by atoms with E-state index in [1.54, 1.807) is 12.1 Å². The third kappa shape index (κ3) is 3.92. The van der Waals surface area contributed by atoms with E-state index in [0.29, 0.717) is 11.3 Å². The van der Waals surface area contributed by atoms with Crippen molar-refractivity contribution < 1.29 is 10.0 Å². The van der Waals surface area contributed by atoms with Crippen LogP contribution in [0.25, 0.3) is 0 Å². The fourth-order valence-electron chi connectivity index (χ4n) is 2.83. The Morgan fingerprint density at radius 2 is 2.10 bits per heavy atom. The van der Waals surface area contributed by atoms with E-state index in [1.807, 2.05) is 0 Å². The summed E-state index contributed by atoms with van der Waals surface area (Å²) in [6.45, 7) is 6.71. The smallest absolute Gasteiger partial charge is 0.292 e. The fraction of sp³-hybridized carbons (Fsp3) is 0.600. The molecule has 1 aromatic carbocycles. The molecule has 1 aliphatic heterocycles. The number of aliphatic hydroxyl groups excluding tert-OH is 1. The number of nitro benzene ring substituents is 1. The van der Waals surface area contributed by atoms with Gasteiger partial charge in [0, 0.05) is 25.7 Å². The number of nitro groups is 1. The predicted molar refractivity (Wildman–Crippen MR) is 82.6 cm³/mol. The van der Waals surface area contributed by atoms with Gasteiger partial charge in [0.1, 0.15) is 5.69 Å². The summed E-state index contributed by atoms with van der Waals surface area (Å²) in [5, 5.41) is 20.5. The van der Waals surface area contributed by atoms with E-state index in [4.69, 9.17) is 0 Å². The first kappa shape index (κ1) is 15.7. The van der Waals surface area contributed by atoms with E-state index in [-0.39, 0.29) is 17.2 Å². The maximum atomic E-state index is 11.2. The van der Waals surface area contributed by atoms with Crippen molar-refractivity contribution >= 4 is 11.4 Å². The zero-order chi connectivity index (χ0) is 15.2. The maximum absolute atomic E-state index is 11.2. The second-order valence-electron chi connectivity index (χ2n) is 5.42. The van der Waals surface area contributed by atoms with Gasteiger partial charge in [0.2, 0.25) is 0 Å². The minimum atomic E-state index is -0.342. The Balaban J connectivity index is 2.21. The minimum Gasteiger partial charge on any atom is -0.392 e. The second kappa shape index (κ2) is 7.38. The van der Waals surface area contributed by atoms with Crippen LogP contribution in [0.2, 0.25) is 0 Å². The van der Waals surface area contributed by atoms with Crippen LogP contribution >= 0.6 is 0 Å². The van der Waals surface area contributed by atoms with Crippen LogP contribution in [-0.2, 0) is 6.61 Å². The third-order valence-corrected chi connectivity index (χ3v) is 3.89. The summed E-state index contributed by atoms with van der Waals surface area (Å²) < 4.78 is 0. The van der Waals surface area contributed by atoms with E-state index >= 15 is 0 Å². The number of rotatable bonds is 5. The van der Waals surface area contributed by atoms with Crippen molar-refractivity contribution in [1.82, 2.24) is 4.90 Å². The number of nitrogens with zero attached hydrogens (tertiary/aromatic N) is 3. The standard InChI is InChI=1S/C15H23N3O3/c1-2-6-16-7-3-8-17(10-9-16)15-11-13(12-19)4-5-14(15)18(20)21/h4-5,11,19H,2-3,6-10,12H2,1H3. The second-order valence-corrected chi connectivity index (χ2v) is 5.42. The van der Waals surface area contributed by atoms with Crippen LogP contribution in [0.5, 0.6) is 0 Å². The first-order valence-electron chi connectivity index (χ1n) is 7.51. The first-order valence-corrected chi connectivity index (χ1v) is 7.51. The Kier molecular flexibility index (Phi) is 5.52. The number of aliphatic hydroxyl groups is 1. The van der Waals surface area contributed by atoms with Gasteiger partial charge in [-0.25, -0.2) is 0 Å². The highest BCUT2D eigenvalue weighted by Gasteiger charge is 2.22. The molecule has 1 N–H and O–H groups in total. The number of hydrogen-bond acceptors (Lipinski definition) is 5. The average Bonchev–Trinajstić information content (AvgIpc) is 2.72. The lowest BCUT2D eigenvalue weighted by molar-refractivity contribution is -0.384. The highest BCUT2D eigenvalue weighted by molar-refractivity contribution is 5.64. The van der Waals surface area contributed by atoms with Crippen molar-refractivity contribution in [3.8, 4) is 0 Å². The Morgan fingerprint density at radius 3 is 2.76 bits per heavy atom. The van der Waals surface area contributed by atoms with Gasteiger partial charge in [-0.15, -0.1) is 0 Å². The highest BCUT2D eigenvalue weighted by atomic mass is 16.6. The van der Waals surface area contributed by atoms with Crippen molar-refractivity contribution in [1.29, 1.82) is 0 Å². The van der Waals surface area contributed by atoms with Gasteiger partial charge in [-0.3, -0.25) is 10.1 Å². The zero-order valence-electron chi connectivity index (χ0n) is 12.5. The molecule has 1 aromatic rings. The monoisotopic (exact) mass is 293 g/mol. The van der Waals surface area contributed by atoms with Gasteiger partial charge in [-0.1, -0.05) is 6.92 Å². The molecule has 0 radical (unpaired) electrons. The largest absolute Gasteiger partial charge is 0.392 e. The Labute approximate surface area is 125 Å². The van der Waals surface area contributed by atoms with Crippen LogP contribution in [0, 0.1) is 10.1 Å². The van der Waals surface area contributed by atoms with Gasteiger partial charge in [0.15, 0.2) is 0 Å². The van der Waals surface area contributed by atoms with Crippen LogP contribution in [0.1, 0.15) is 25.3 Å². The molecule has 0 saturated carbocycles. The molecule has 116 valence electrons. The summed E-state index contributed by atoms with van der Waals surface area (Å²) in [7, 11) is 0. The average molecular weight is 293 g/mol. The third-order valence-electron chi connectivity index (χ3n) is 3.89. The lowest BCUT2D eigenvalue weighted by Crippen LogP contribution is -2.31. The van der Waals surface area contributed by atoms with Crippen LogP contribution < -0.4 is 4.90 Å². The summed E-state index contributed by atoms with van der Waals surface area (Å²) in [5.41, 5.74) is 1.46.